The van der Waals surface area contributed by atoms with Crippen molar-refractivity contribution in [1.82, 2.24) is 10.3 Å². The fourth-order valence-electron chi connectivity index (χ4n) is 1.55. The molecule has 0 saturated heterocycles. The van der Waals surface area contributed by atoms with Gasteiger partial charge in [0.05, 0.1) is 12.5 Å². The summed E-state index contributed by atoms with van der Waals surface area (Å²) >= 11 is 0. The smallest absolute Gasteiger partial charge is 0.146 e. The van der Waals surface area contributed by atoms with Crippen LogP contribution in [0.25, 0.3) is 0 Å². The Morgan fingerprint density at radius 2 is 2.28 bits per heavy atom. The van der Waals surface area contributed by atoms with E-state index in [0.29, 0.717) is 12.6 Å². The molecule has 2 rings (SSSR count). The fourth-order valence-corrected chi connectivity index (χ4v) is 1.55. The van der Waals surface area contributed by atoms with Crippen LogP contribution >= 0.6 is 0 Å². The van der Waals surface area contributed by atoms with Crippen LogP contribution in [0.1, 0.15) is 25.2 Å². The molecule has 4 nitrogen and oxygen atoms in total. The molecule has 0 amide bonds. The summed E-state index contributed by atoms with van der Waals surface area (Å²) in [5.41, 5.74) is 1.13. The van der Waals surface area contributed by atoms with Gasteiger partial charge in [-0.2, -0.15) is 0 Å². The summed E-state index contributed by atoms with van der Waals surface area (Å²) in [5.74, 6) is 1.60. The lowest BCUT2D eigenvalue weighted by Crippen LogP contribution is -2.22. The van der Waals surface area contributed by atoms with E-state index >= 15 is 0 Å². The third kappa shape index (κ3) is 3.60. The minimum absolute atomic E-state index is 0.424. The molecule has 4 heteroatoms. The van der Waals surface area contributed by atoms with Gasteiger partial charge in [-0.3, -0.25) is 4.98 Å². The number of hydrogen-bond acceptors (Lipinski definition) is 4. The fraction of sp³-hybridized carbons (Fsp3) is 0.357. The van der Waals surface area contributed by atoms with Crippen molar-refractivity contribution >= 4 is 0 Å². The van der Waals surface area contributed by atoms with E-state index in [0.717, 1.165) is 23.6 Å². The Morgan fingerprint density at radius 3 is 3.00 bits per heavy atom. The maximum atomic E-state index is 5.61. The van der Waals surface area contributed by atoms with Crippen LogP contribution in [0.5, 0.6) is 5.75 Å². The molecule has 0 saturated carbocycles. The van der Waals surface area contributed by atoms with Crippen LogP contribution < -0.4 is 10.1 Å². The molecule has 0 aromatic carbocycles. The molecule has 2 aromatic rings. The van der Waals surface area contributed by atoms with Gasteiger partial charge in [0.2, 0.25) is 0 Å². The predicted molar refractivity (Wildman–Crippen MR) is 69.3 cm³/mol. The minimum Gasteiger partial charge on any atom is -0.484 e. The zero-order valence-corrected chi connectivity index (χ0v) is 10.7. The summed E-state index contributed by atoms with van der Waals surface area (Å²) in [6.07, 6.45) is 5.10. The van der Waals surface area contributed by atoms with Crippen LogP contribution in [-0.4, -0.2) is 11.0 Å². The molecule has 0 bridgehead atoms. The summed E-state index contributed by atoms with van der Waals surface area (Å²) in [4.78, 5) is 4.00. The maximum absolute atomic E-state index is 5.61. The van der Waals surface area contributed by atoms with E-state index in [1.165, 1.54) is 0 Å². The van der Waals surface area contributed by atoms with Crippen LogP contribution in [0.15, 0.2) is 41.3 Å². The Bertz CT molecular complexity index is 466. The highest BCUT2D eigenvalue weighted by molar-refractivity contribution is 5.19. The van der Waals surface area contributed by atoms with E-state index < -0.39 is 0 Å². The molecule has 96 valence electrons. The van der Waals surface area contributed by atoms with Crippen molar-refractivity contribution in [1.29, 1.82) is 0 Å². The normalized spacial score (nSPS) is 10.8. The van der Waals surface area contributed by atoms with Crippen molar-refractivity contribution in [2.75, 3.05) is 0 Å². The molecule has 1 N–H and O–H groups in total. The Hall–Kier alpha value is -1.81. The average Bonchev–Trinajstić information content (AvgIpc) is 2.82. The second-order valence-electron chi connectivity index (χ2n) is 4.38. The SMILES string of the molecule is CC(C)NCc1ccoc1COc1cccnc1. The van der Waals surface area contributed by atoms with Gasteiger partial charge in [0.15, 0.2) is 0 Å². The van der Waals surface area contributed by atoms with Crippen LogP contribution in [0.3, 0.4) is 0 Å². The van der Waals surface area contributed by atoms with Crippen molar-refractivity contribution < 1.29 is 9.15 Å². The third-order valence-electron chi connectivity index (χ3n) is 2.54. The van der Waals surface area contributed by atoms with E-state index in [1.807, 2.05) is 18.2 Å². The van der Waals surface area contributed by atoms with Gasteiger partial charge < -0.3 is 14.5 Å². The monoisotopic (exact) mass is 246 g/mol. The molecular weight excluding hydrogens is 228 g/mol. The number of nitrogens with one attached hydrogen (secondary N) is 1. The van der Waals surface area contributed by atoms with Crippen molar-refractivity contribution in [2.24, 2.45) is 0 Å². The number of rotatable bonds is 6. The number of ether oxygens (including phenoxy) is 1. The van der Waals surface area contributed by atoms with E-state index in [2.05, 4.69) is 24.1 Å². The van der Waals surface area contributed by atoms with E-state index in [-0.39, 0.29) is 0 Å². The standard InChI is InChI=1S/C14H18N2O2/c1-11(2)16-8-12-5-7-17-14(12)10-18-13-4-3-6-15-9-13/h3-7,9,11,16H,8,10H2,1-2H3. The molecule has 2 heterocycles. The topological polar surface area (TPSA) is 47.3 Å². The first-order chi connectivity index (χ1) is 8.75. The number of furan rings is 1. The second kappa shape index (κ2) is 6.21. The van der Waals surface area contributed by atoms with Crippen molar-refractivity contribution in [3.05, 3.63) is 48.2 Å². The number of nitrogens with zero attached hydrogens (tertiary/aromatic N) is 1. The molecule has 0 unspecified atom stereocenters. The first-order valence-electron chi connectivity index (χ1n) is 6.07. The van der Waals surface area contributed by atoms with E-state index in [9.17, 15) is 0 Å². The van der Waals surface area contributed by atoms with Gasteiger partial charge in [0.25, 0.3) is 0 Å². The van der Waals surface area contributed by atoms with Gasteiger partial charge in [-0.25, -0.2) is 0 Å². The first-order valence-corrected chi connectivity index (χ1v) is 6.07. The Kier molecular flexibility index (Phi) is 4.36. The molecule has 0 aliphatic rings. The molecule has 0 aliphatic carbocycles. The zero-order valence-electron chi connectivity index (χ0n) is 10.7. The first kappa shape index (κ1) is 12.6. The molecule has 0 fully saturated rings. The van der Waals surface area contributed by atoms with E-state index in [4.69, 9.17) is 9.15 Å². The zero-order chi connectivity index (χ0) is 12.8. The summed E-state index contributed by atoms with van der Waals surface area (Å²) in [5, 5.41) is 3.36. The highest BCUT2D eigenvalue weighted by atomic mass is 16.5. The third-order valence-corrected chi connectivity index (χ3v) is 2.54. The minimum atomic E-state index is 0.424. The molecular formula is C14H18N2O2. The van der Waals surface area contributed by atoms with Gasteiger partial charge in [-0.1, -0.05) is 13.8 Å². The lowest BCUT2D eigenvalue weighted by Gasteiger charge is -2.08. The quantitative estimate of drug-likeness (QED) is 0.851. The highest BCUT2D eigenvalue weighted by Crippen LogP contribution is 2.15. The van der Waals surface area contributed by atoms with Crippen molar-refractivity contribution in [3.8, 4) is 5.75 Å². The van der Waals surface area contributed by atoms with Gasteiger partial charge in [0, 0.05) is 24.3 Å². The summed E-state index contributed by atoms with van der Waals surface area (Å²) in [6.45, 7) is 5.45. The lowest BCUT2D eigenvalue weighted by molar-refractivity contribution is 0.267. The van der Waals surface area contributed by atoms with Crippen LogP contribution in [0.2, 0.25) is 0 Å². The number of aromatic nitrogens is 1. The lowest BCUT2D eigenvalue weighted by atomic mass is 10.2. The Labute approximate surface area is 107 Å². The highest BCUT2D eigenvalue weighted by Gasteiger charge is 2.07. The van der Waals surface area contributed by atoms with Crippen LogP contribution in [0.4, 0.5) is 0 Å². The van der Waals surface area contributed by atoms with Crippen molar-refractivity contribution in [2.45, 2.75) is 33.0 Å². The van der Waals surface area contributed by atoms with Crippen LogP contribution in [-0.2, 0) is 13.2 Å². The van der Waals surface area contributed by atoms with Gasteiger partial charge >= 0.3 is 0 Å². The molecule has 0 spiro atoms. The average molecular weight is 246 g/mol. The summed E-state index contributed by atoms with van der Waals surface area (Å²) in [7, 11) is 0. The van der Waals surface area contributed by atoms with Gasteiger partial charge in [-0.05, 0) is 18.2 Å². The predicted octanol–water partition coefficient (Wildman–Crippen LogP) is 2.75. The summed E-state index contributed by atoms with van der Waals surface area (Å²) < 4.78 is 11.0. The van der Waals surface area contributed by atoms with Gasteiger partial charge in [-0.15, -0.1) is 0 Å². The Morgan fingerprint density at radius 1 is 1.39 bits per heavy atom. The number of hydrogen-bond donors (Lipinski definition) is 1. The van der Waals surface area contributed by atoms with Crippen molar-refractivity contribution in [3.63, 3.8) is 0 Å². The van der Waals surface area contributed by atoms with Gasteiger partial charge in [0.1, 0.15) is 18.1 Å². The largest absolute Gasteiger partial charge is 0.484 e. The molecule has 0 radical (unpaired) electrons. The molecule has 18 heavy (non-hydrogen) atoms. The Balaban J connectivity index is 1.91. The number of pyridine rings is 1. The molecule has 0 atom stereocenters. The second-order valence-corrected chi connectivity index (χ2v) is 4.38. The molecule has 0 aliphatic heterocycles. The maximum Gasteiger partial charge on any atom is 0.146 e. The summed E-state index contributed by atoms with van der Waals surface area (Å²) in [6, 6.07) is 6.14. The molecule has 2 aromatic heterocycles. The van der Waals surface area contributed by atoms with E-state index in [1.54, 1.807) is 18.7 Å². The van der Waals surface area contributed by atoms with Crippen LogP contribution in [0, 0.1) is 0 Å².